The number of piperidine rings is 1. The van der Waals surface area contributed by atoms with Gasteiger partial charge in [0.1, 0.15) is 0 Å². The van der Waals surface area contributed by atoms with E-state index in [4.69, 9.17) is 10.2 Å². The summed E-state index contributed by atoms with van der Waals surface area (Å²) in [5, 5.41) is 27.0. The Labute approximate surface area is 112 Å². The highest BCUT2D eigenvalue weighted by Gasteiger charge is 2.40. The first-order chi connectivity index (χ1) is 8.94. The molecule has 2 amide bonds. The molecule has 1 heterocycles. The second-order valence-corrected chi connectivity index (χ2v) is 5.11. The number of hydrogen-bond donors (Lipinski definition) is 3. The van der Waals surface area contributed by atoms with Crippen LogP contribution < -0.4 is 0 Å². The third kappa shape index (κ3) is 3.81. The van der Waals surface area contributed by atoms with Crippen molar-refractivity contribution in [2.45, 2.75) is 19.8 Å². The van der Waals surface area contributed by atoms with Crippen LogP contribution in [0.25, 0.3) is 0 Å². The number of aliphatic carboxylic acids is 1. The van der Waals surface area contributed by atoms with Crippen LogP contribution in [0.2, 0.25) is 0 Å². The minimum absolute atomic E-state index is 0.139. The maximum atomic E-state index is 12.2. The summed E-state index contributed by atoms with van der Waals surface area (Å²) in [6, 6.07) is -0.324. The molecule has 3 N–H and O–H groups in total. The van der Waals surface area contributed by atoms with Gasteiger partial charge in [0.15, 0.2) is 0 Å². The van der Waals surface area contributed by atoms with Crippen LogP contribution in [0.1, 0.15) is 19.8 Å². The van der Waals surface area contributed by atoms with Crippen LogP contribution in [0, 0.1) is 5.41 Å². The van der Waals surface area contributed by atoms with Crippen molar-refractivity contribution in [3.8, 4) is 0 Å². The van der Waals surface area contributed by atoms with Crippen molar-refractivity contribution < 1.29 is 24.9 Å². The summed E-state index contributed by atoms with van der Waals surface area (Å²) < 4.78 is 0. The van der Waals surface area contributed by atoms with Crippen molar-refractivity contribution in [1.82, 2.24) is 9.80 Å². The molecule has 1 fully saturated rings. The summed E-state index contributed by atoms with van der Waals surface area (Å²) in [5.74, 6) is -0.902. The zero-order chi connectivity index (χ0) is 14.5. The van der Waals surface area contributed by atoms with E-state index < -0.39 is 11.4 Å². The topological polar surface area (TPSA) is 101 Å². The van der Waals surface area contributed by atoms with Gasteiger partial charge in [0.2, 0.25) is 0 Å². The van der Waals surface area contributed by atoms with Crippen LogP contribution >= 0.6 is 0 Å². The van der Waals surface area contributed by atoms with Crippen molar-refractivity contribution in [2.24, 2.45) is 5.41 Å². The molecule has 7 heteroatoms. The molecule has 0 bridgehead atoms. The number of aliphatic hydroxyl groups is 2. The number of carboxylic acid groups (broad SMARTS) is 1. The van der Waals surface area contributed by atoms with E-state index in [0.29, 0.717) is 19.4 Å². The fourth-order valence-electron chi connectivity index (χ4n) is 2.32. The number of carbonyl (C=O) groups excluding carboxylic acids is 1. The Balaban J connectivity index is 2.72. The van der Waals surface area contributed by atoms with Gasteiger partial charge in [-0.15, -0.1) is 0 Å². The van der Waals surface area contributed by atoms with E-state index in [1.807, 2.05) is 0 Å². The van der Waals surface area contributed by atoms with E-state index in [1.165, 1.54) is 9.80 Å². The van der Waals surface area contributed by atoms with Gasteiger partial charge in [0, 0.05) is 26.2 Å². The molecule has 1 saturated heterocycles. The molecule has 0 aromatic heterocycles. The van der Waals surface area contributed by atoms with Crippen LogP contribution in [-0.2, 0) is 4.79 Å². The average Bonchev–Trinajstić information content (AvgIpc) is 2.37. The summed E-state index contributed by atoms with van der Waals surface area (Å²) >= 11 is 0. The molecule has 0 radical (unpaired) electrons. The third-order valence-electron chi connectivity index (χ3n) is 3.49. The first-order valence-corrected chi connectivity index (χ1v) is 6.43. The number of hydrogen-bond acceptors (Lipinski definition) is 4. The van der Waals surface area contributed by atoms with Gasteiger partial charge >= 0.3 is 12.0 Å². The SMILES string of the molecule is CC1(C(=O)O)CCCN(C(=O)N(CCO)CCO)C1. The minimum Gasteiger partial charge on any atom is -0.481 e. The molecule has 0 spiro atoms. The standard InChI is InChI=1S/C12H22N2O5/c1-12(10(17)18)3-2-4-14(9-12)11(19)13(5-7-15)6-8-16/h15-16H,2-9H2,1H3,(H,17,18). The summed E-state index contributed by atoms with van der Waals surface area (Å²) in [6.07, 6.45) is 1.19. The number of likely N-dealkylation sites (tertiary alicyclic amines) is 1. The lowest BCUT2D eigenvalue weighted by atomic mass is 9.82. The first kappa shape index (κ1) is 15.7. The molecule has 19 heavy (non-hydrogen) atoms. The summed E-state index contributed by atoms with van der Waals surface area (Å²) in [7, 11) is 0. The molecule has 1 aliphatic rings. The Morgan fingerprint density at radius 2 is 1.84 bits per heavy atom. The maximum absolute atomic E-state index is 12.2. The molecule has 0 aliphatic carbocycles. The normalized spacial score (nSPS) is 23.2. The van der Waals surface area contributed by atoms with Gasteiger partial charge in [0.25, 0.3) is 0 Å². The lowest BCUT2D eigenvalue weighted by molar-refractivity contribution is -0.150. The predicted octanol–water partition coefficient (Wildman–Crippen LogP) is -0.420. The maximum Gasteiger partial charge on any atom is 0.320 e. The monoisotopic (exact) mass is 274 g/mol. The van der Waals surface area contributed by atoms with Gasteiger partial charge in [-0.2, -0.15) is 0 Å². The number of amides is 2. The molecule has 1 unspecified atom stereocenters. The van der Waals surface area contributed by atoms with E-state index in [1.54, 1.807) is 6.92 Å². The fourth-order valence-corrected chi connectivity index (χ4v) is 2.32. The van der Waals surface area contributed by atoms with Gasteiger partial charge in [-0.3, -0.25) is 4.79 Å². The number of carbonyl (C=O) groups is 2. The highest BCUT2D eigenvalue weighted by atomic mass is 16.4. The number of nitrogens with zero attached hydrogens (tertiary/aromatic N) is 2. The number of urea groups is 1. The van der Waals surface area contributed by atoms with Crippen LogP contribution in [0.15, 0.2) is 0 Å². The minimum atomic E-state index is -0.919. The number of carboxylic acids is 1. The highest BCUT2D eigenvalue weighted by Crippen LogP contribution is 2.30. The summed E-state index contributed by atoms with van der Waals surface area (Å²) in [5.41, 5.74) is -0.919. The van der Waals surface area contributed by atoms with E-state index in [2.05, 4.69) is 0 Å². The lowest BCUT2D eigenvalue weighted by Gasteiger charge is -2.39. The molecule has 7 nitrogen and oxygen atoms in total. The first-order valence-electron chi connectivity index (χ1n) is 6.43. The van der Waals surface area contributed by atoms with Gasteiger partial charge in [0.05, 0.1) is 18.6 Å². The van der Waals surface area contributed by atoms with E-state index >= 15 is 0 Å². The number of rotatable bonds is 5. The molecule has 0 aromatic rings. The van der Waals surface area contributed by atoms with E-state index in [0.717, 1.165) is 0 Å². The van der Waals surface area contributed by atoms with Crippen LogP contribution in [0.5, 0.6) is 0 Å². The van der Waals surface area contributed by atoms with E-state index in [9.17, 15) is 14.7 Å². The zero-order valence-corrected chi connectivity index (χ0v) is 11.2. The van der Waals surface area contributed by atoms with Crippen molar-refractivity contribution in [3.63, 3.8) is 0 Å². The molecule has 1 atom stereocenters. The van der Waals surface area contributed by atoms with Crippen LogP contribution in [-0.4, -0.2) is 76.5 Å². The van der Waals surface area contributed by atoms with Crippen LogP contribution in [0.3, 0.4) is 0 Å². The molecule has 110 valence electrons. The van der Waals surface area contributed by atoms with Crippen molar-refractivity contribution in [2.75, 3.05) is 39.4 Å². The Bertz CT molecular complexity index is 330. The van der Waals surface area contributed by atoms with Crippen LogP contribution in [0.4, 0.5) is 4.79 Å². The van der Waals surface area contributed by atoms with E-state index in [-0.39, 0.29) is 38.9 Å². The van der Waals surface area contributed by atoms with Gasteiger partial charge in [-0.05, 0) is 19.8 Å². The Kier molecular flexibility index (Phi) is 5.56. The van der Waals surface area contributed by atoms with Crippen molar-refractivity contribution in [1.29, 1.82) is 0 Å². The summed E-state index contributed by atoms with van der Waals surface area (Å²) in [4.78, 5) is 26.3. The Hall–Kier alpha value is -1.34. The lowest BCUT2D eigenvalue weighted by Crippen LogP contribution is -2.53. The molecular formula is C12H22N2O5. The van der Waals surface area contributed by atoms with Gasteiger partial charge < -0.3 is 25.1 Å². The Morgan fingerprint density at radius 1 is 1.26 bits per heavy atom. The second-order valence-electron chi connectivity index (χ2n) is 5.11. The Morgan fingerprint density at radius 3 is 2.32 bits per heavy atom. The zero-order valence-electron chi connectivity index (χ0n) is 11.2. The average molecular weight is 274 g/mol. The van der Waals surface area contributed by atoms with Crippen molar-refractivity contribution >= 4 is 12.0 Å². The fraction of sp³-hybridized carbons (Fsp3) is 0.833. The molecular weight excluding hydrogens is 252 g/mol. The highest BCUT2D eigenvalue weighted by molar-refractivity contribution is 5.78. The quantitative estimate of drug-likeness (QED) is 0.632. The second kappa shape index (κ2) is 6.72. The summed E-state index contributed by atoms with van der Waals surface area (Å²) in [6.45, 7) is 2.21. The smallest absolute Gasteiger partial charge is 0.320 e. The third-order valence-corrected chi connectivity index (χ3v) is 3.49. The molecule has 1 rings (SSSR count). The largest absolute Gasteiger partial charge is 0.481 e. The predicted molar refractivity (Wildman–Crippen MR) is 67.7 cm³/mol. The number of aliphatic hydroxyl groups excluding tert-OH is 2. The van der Waals surface area contributed by atoms with Crippen molar-refractivity contribution in [3.05, 3.63) is 0 Å². The molecule has 0 saturated carbocycles. The molecule has 0 aromatic carbocycles. The molecule has 1 aliphatic heterocycles. The van der Waals surface area contributed by atoms with Gasteiger partial charge in [-0.1, -0.05) is 0 Å². The van der Waals surface area contributed by atoms with Gasteiger partial charge in [-0.25, -0.2) is 4.79 Å².